The average Bonchev–Trinajstić information content (AvgIpc) is 2.29. The highest BCUT2D eigenvalue weighted by molar-refractivity contribution is 4.71. The SMILES string of the molecule is CCCC(CN)CN(C)CC1CCCCC1. The van der Waals surface area contributed by atoms with E-state index in [1.54, 1.807) is 0 Å². The second-order valence-corrected chi connectivity index (χ2v) is 5.62. The fraction of sp³-hybridized carbons (Fsp3) is 1.00. The van der Waals surface area contributed by atoms with Gasteiger partial charge in [-0.2, -0.15) is 0 Å². The fourth-order valence-corrected chi connectivity index (χ4v) is 3.02. The summed E-state index contributed by atoms with van der Waals surface area (Å²) in [6, 6.07) is 0. The summed E-state index contributed by atoms with van der Waals surface area (Å²) < 4.78 is 0. The van der Waals surface area contributed by atoms with Crippen molar-refractivity contribution in [2.24, 2.45) is 17.6 Å². The van der Waals surface area contributed by atoms with Crippen molar-refractivity contribution >= 4 is 0 Å². The number of hydrogen-bond acceptors (Lipinski definition) is 2. The molecule has 0 aromatic rings. The minimum atomic E-state index is 0.707. The lowest BCUT2D eigenvalue weighted by Gasteiger charge is -2.29. The van der Waals surface area contributed by atoms with E-state index in [1.165, 1.54) is 58.0 Å². The van der Waals surface area contributed by atoms with E-state index in [9.17, 15) is 0 Å². The van der Waals surface area contributed by atoms with E-state index in [4.69, 9.17) is 5.73 Å². The van der Waals surface area contributed by atoms with Crippen molar-refractivity contribution in [1.29, 1.82) is 0 Å². The van der Waals surface area contributed by atoms with Gasteiger partial charge in [-0.25, -0.2) is 0 Å². The second kappa shape index (κ2) is 8.08. The average molecular weight is 226 g/mol. The van der Waals surface area contributed by atoms with Crippen LogP contribution in [0, 0.1) is 11.8 Å². The van der Waals surface area contributed by atoms with Crippen LogP contribution in [0.5, 0.6) is 0 Å². The van der Waals surface area contributed by atoms with E-state index < -0.39 is 0 Å². The first-order valence-corrected chi connectivity index (χ1v) is 7.14. The summed E-state index contributed by atoms with van der Waals surface area (Å²) in [5.41, 5.74) is 5.81. The van der Waals surface area contributed by atoms with Crippen molar-refractivity contribution in [3.05, 3.63) is 0 Å². The Morgan fingerprint density at radius 3 is 2.50 bits per heavy atom. The van der Waals surface area contributed by atoms with Gasteiger partial charge in [0, 0.05) is 13.1 Å². The summed E-state index contributed by atoms with van der Waals surface area (Å²) in [5.74, 6) is 1.66. The van der Waals surface area contributed by atoms with E-state index in [1.807, 2.05) is 0 Å². The Hall–Kier alpha value is -0.0800. The Balaban J connectivity index is 2.19. The first-order valence-electron chi connectivity index (χ1n) is 7.14. The Bertz CT molecular complexity index is 157. The molecule has 0 radical (unpaired) electrons. The summed E-state index contributed by atoms with van der Waals surface area (Å²) in [4.78, 5) is 2.52. The maximum atomic E-state index is 5.81. The molecule has 1 rings (SSSR count). The van der Waals surface area contributed by atoms with Crippen molar-refractivity contribution in [2.45, 2.75) is 51.9 Å². The molecule has 0 saturated heterocycles. The van der Waals surface area contributed by atoms with E-state index in [0.29, 0.717) is 5.92 Å². The highest BCUT2D eigenvalue weighted by atomic mass is 15.1. The standard InChI is InChI=1S/C14H30N2/c1-3-7-14(10-15)12-16(2)11-13-8-5-4-6-9-13/h13-14H,3-12,15H2,1-2H3. The van der Waals surface area contributed by atoms with Gasteiger partial charge in [-0.3, -0.25) is 0 Å². The molecule has 2 heteroatoms. The predicted octanol–water partition coefficient (Wildman–Crippen LogP) is 2.87. The first-order chi connectivity index (χ1) is 7.76. The van der Waals surface area contributed by atoms with Crippen LogP contribution in [0.15, 0.2) is 0 Å². The molecule has 1 aliphatic carbocycles. The summed E-state index contributed by atoms with van der Waals surface area (Å²) in [6.45, 7) is 5.59. The number of rotatable bonds is 7. The van der Waals surface area contributed by atoms with Gasteiger partial charge in [-0.15, -0.1) is 0 Å². The summed E-state index contributed by atoms with van der Waals surface area (Å²) in [7, 11) is 2.27. The summed E-state index contributed by atoms with van der Waals surface area (Å²) >= 11 is 0. The molecule has 0 heterocycles. The Labute approximate surface area is 102 Å². The topological polar surface area (TPSA) is 29.3 Å². The third kappa shape index (κ3) is 5.31. The third-order valence-electron chi connectivity index (χ3n) is 3.89. The molecule has 1 fully saturated rings. The summed E-state index contributed by atoms with van der Waals surface area (Å²) in [5, 5.41) is 0. The molecule has 0 aromatic carbocycles. The second-order valence-electron chi connectivity index (χ2n) is 5.62. The highest BCUT2D eigenvalue weighted by Gasteiger charge is 2.16. The van der Waals surface area contributed by atoms with Gasteiger partial charge in [0.1, 0.15) is 0 Å². The van der Waals surface area contributed by atoms with Gasteiger partial charge in [0.25, 0.3) is 0 Å². The van der Waals surface area contributed by atoms with Crippen LogP contribution in [-0.2, 0) is 0 Å². The van der Waals surface area contributed by atoms with Gasteiger partial charge in [-0.05, 0) is 44.7 Å². The van der Waals surface area contributed by atoms with Crippen LogP contribution in [0.25, 0.3) is 0 Å². The van der Waals surface area contributed by atoms with Crippen LogP contribution in [0.2, 0.25) is 0 Å². The number of nitrogens with two attached hydrogens (primary N) is 1. The molecule has 0 aliphatic heterocycles. The van der Waals surface area contributed by atoms with Gasteiger partial charge in [0.05, 0.1) is 0 Å². The minimum Gasteiger partial charge on any atom is -0.330 e. The van der Waals surface area contributed by atoms with Crippen molar-refractivity contribution < 1.29 is 0 Å². The highest BCUT2D eigenvalue weighted by Crippen LogP contribution is 2.24. The van der Waals surface area contributed by atoms with E-state index >= 15 is 0 Å². The molecule has 1 unspecified atom stereocenters. The third-order valence-corrected chi connectivity index (χ3v) is 3.89. The molecule has 0 spiro atoms. The van der Waals surface area contributed by atoms with Gasteiger partial charge in [0.2, 0.25) is 0 Å². The van der Waals surface area contributed by atoms with Crippen LogP contribution in [0.3, 0.4) is 0 Å². The number of nitrogens with zero attached hydrogens (tertiary/aromatic N) is 1. The molecule has 16 heavy (non-hydrogen) atoms. The van der Waals surface area contributed by atoms with E-state index in [2.05, 4.69) is 18.9 Å². The Morgan fingerprint density at radius 1 is 1.25 bits per heavy atom. The fourth-order valence-electron chi connectivity index (χ4n) is 3.02. The quantitative estimate of drug-likeness (QED) is 0.723. The van der Waals surface area contributed by atoms with Crippen LogP contribution in [0.4, 0.5) is 0 Å². The zero-order chi connectivity index (χ0) is 11.8. The Kier molecular flexibility index (Phi) is 7.06. The first kappa shape index (κ1) is 14.0. The van der Waals surface area contributed by atoms with Crippen LogP contribution >= 0.6 is 0 Å². The largest absolute Gasteiger partial charge is 0.330 e. The lowest BCUT2D eigenvalue weighted by atomic mass is 9.89. The lowest BCUT2D eigenvalue weighted by Crippen LogP contribution is -2.34. The summed E-state index contributed by atoms with van der Waals surface area (Å²) in [6.07, 6.45) is 9.81. The van der Waals surface area contributed by atoms with Crippen LogP contribution in [0.1, 0.15) is 51.9 Å². The predicted molar refractivity (Wildman–Crippen MR) is 71.5 cm³/mol. The van der Waals surface area contributed by atoms with Crippen molar-refractivity contribution in [3.8, 4) is 0 Å². The zero-order valence-electron chi connectivity index (χ0n) is 11.3. The molecule has 1 aliphatic rings. The molecular weight excluding hydrogens is 196 g/mol. The molecule has 0 amide bonds. The molecular formula is C14H30N2. The maximum absolute atomic E-state index is 5.81. The molecule has 2 N–H and O–H groups in total. The van der Waals surface area contributed by atoms with Gasteiger partial charge in [0.15, 0.2) is 0 Å². The molecule has 2 nitrogen and oxygen atoms in total. The smallest absolute Gasteiger partial charge is 0.00188 e. The van der Waals surface area contributed by atoms with Crippen molar-refractivity contribution in [3.63, 3.8) is 0 Å². The van der Waals surface area contributed by atoms with Gasteiger partial charge in [-0.1, -0.05) is 32.6 Å². The molecule has 0 bridgehead atoms. The normalized spacial score (nSPS) is 20.2. The van der Waals surface area contributed by atoms with Crippen molar-refractivity contribution in [2.75, 3.05) is 26.7 Å². The molecule has 96 valence electrons. The monoisotopic (exact) mass is 226 g/mol. The molecule has 0 aromatic heterocycles. The van der Waals surface area contributed by atoms with Crippen LogP contribution in [-0.4, -0.2) is 31.6 Å². The van der Waals surface area contributed by atoms with Gasteiger partial charge >= 0.3 is 0 Å². The van der Waals surface area contributed by atoms with Gasteiger partial charge < -0.3 is 10.6 Å². The zero-order valence-corrected chi connectivity index (χ0v) is 11.3. The Morgan fingerprint density at radius 2 is 1.94 bits per heavy atom. The molecule has 1 saturated carbocycles. The maximum Gasteiger partial charge on any atom is 0.00188 e. The van der Waals surface area contributed by atoms with E-state index in [-0.39, 0.29) is 0 Å². The van der Waals surface area contributed by atoms with E-state index in [0.717, 1.165) is 12.5 Å². The number of hydrogen-bond donors (Lipinski definition) is 1. The van der Waals surface area contributed by atoms with Crippen LogP contribution < -0.4 is 5.73 Å². The van der Waals surface area contributed by atoms with Crippen molar-refractivity contribution in [1.82, 2.24) is 4.90 Å². The minimum absolute atomic E-state index is 0.707. The molecule has 1 atom stereocenters. The lowest BCUT2D eigenvalue weighted by molar-refractivity contribution is 0.205.